The predicted octanol–water partition coefficient (Wildman–Crippen LogP) is 1.47. The van der Waals surface area contributed by atoms with Gasteiger partial charge in [0.05, 0.1) is 18.4 Å². The van der Waals surface area contributed by atoms with E-state index in [2.05, 4.69) is 4.99 Å². The minimum absolute atomic E-state index is 0.237. The smallest absolute Gasteiger partial charge is 0.282 e. The van der Waals surface area contributed by atoms with Gasteiger partial charge in [0.2, 0.25) is 0 Å². The highest BCUT2D eigenvalue weighted by Gasteiger charge is 2.32. The quantitative estimate of drug-likeness (QED) is 0.390. The second kappa shape index (κ2) is 2.23. The fraction of sp³-hybridized carbons (Fsp3) is 0.667. The minimum Gasteiger partial charge on any atom is -0.282 e. The van der Waals surface area contributed by atoms with Gasteiger partial charge in [0, 0.05) is 0 Å². The van der Waals surface area contributed by atoms with Gasteiger partial charge in [-0.1, -0.05) is 0 Å². The molecule has 0 aromatic rings. The number of hydrogen-bond acceptors (Lipinski definition) is 2. The molecule has 0 bridgehead atoms. The summed E-state index contributed by atoms with van der Waals surface area (Å²) in [5, 5.41) is -0.466. The Balaban J connectivity index is 2.77. The predicted molar refractivity (Wildman–Crippen MR) is 40.5 cm³/mol. The summed E-state index contributed by atoms with van der Waals surface area (Å²) in [5.74, 6) is 0. The Morgan fingerprint density at radius 2 is 2.40 bits per heavy atom. The van der Waals surface area contributed by atoms with Crippen LogP contribution in [0.15, 0.2) is 4.99 Å². The van der Waals surface area contributed by atoms with Gasteiger partial charge >= 0.3 is 5.37 Å². The van der Waals surface area contributed by atoms with Crippen LogP contribution in [0.2, 0.25) is 0 Å². The van der Waals surface area contributed by atoms with Crippen LogP contribution in [0.1, 0.15) is 13.8 Å². The molecule has 56 valence electrons. The van der Waals surface area contributed by atoms with Gasteiger partial charge < -0.3 is 0 Å². The minimum atomic E-state index is -0.466. The van der Waals surface area contributed by atoms with Crippen molar-refractivity contribution in [1.29, 1.82) is 0 Å². The second-order valence-electron chi connectivity index (χ2n) is 2.89. The van der Waals surface area contributed by atoms with Crippen LogP contribution in [-0.4, -0.2) is 28.7 Å². The lowest BCUT2D eigenvalue weighted by molar-refractivity contribution is 0.219. The number of halogens is 1. The summed E-state index contributed by atoms with van der Waals surface area (Å²) in [4.78, 5) is 16.0. The molecule has 0 fully saturated rings. The summed E-state index contributed by atoms with van der Waals surface area (Å²) in [5.41, 5.74) is -0.237. The van der Waals surface area contributed by atoms with Crippen molar-refractivity contribution in [3.8, 4) is 0 Å². The number of carbonyl (C=O) groups excluding carboxylic acids is 1. The third-order valence-electron chi connectivity index (χ3n) is 1.52. The van der Waals surface area contributed by atoms with Gasteiger partial charge in [-0.3, -0.25) is 14.7 Å². The van der Waals surface area contributed by atoms with Gasteiger partial charge in [-0.2, -0.15) is 0 Å². The Labute approximate surface area is 64.7 Å². The molecule has 0 saturated carbocycles. The first-order valence-corrected chi connectivity index (χ1v) is 3.40. The molecule has 0 N–H and O–H groups in total. The van der Waals surface area contributed by atoms with Crippen LogP contribution in [0.5, 0.6) is 0 Å². The molecule has 1 amide bonds. The zero-order valence-electron chi connectivity index (χ0n) is 5.97. The molecule has 10 heavy (non-hydrogen) atoms. The van der Waals surface area contributed by atoms with Crippen molar-refractivity contribution in [2.75, 3.05) is 6.54 Å². The molecule has 0 aromatic carbocycles. The van der Waals surface area contributed by atoms with Crippen molar-refractivity contribution in [3.63, 3.8) is 0 Å². The maximum Gasteiger partial charge on any atom is 0.322 e. The van der Waals surface area contributed by atoms with Crippen LogP contribution < -0.4 is 0 Å². The average molecular weight is 161 g/mol. The molecular formula is C6H9ClN2O. The van der Waals surface area contributed by atoms with E-state index in [-0.39, 0.29) is 5.54 Å². The maximum atomic E-state index is 10.7. The van der Waals surface area contributed by atoms with E-state index in [0.29, 0.717) is 6.54 Å². The van der Waals surface area contributed by atoms with Crippen LogP contribution in [0.25, 0.3) is 0 Å². The first kappa shape index (κ1) is 7.54. The first-order chi connectivity index (χ1) is 4.54. The number of hydrogen-bond donors (Lipinski definition) is 0. The third kappa shape index (κ3) is 1.14. The lowest BCUT2D eigenvalue weighted by atomic mass is 10.1. The molecule has 0 aliphatic carbocycles. The lowest BCUT2D eigenvalue weighted by Gasteiger charge is -2.26. The van der Waals surface area contributed by atoms with Crippen molar-refractivity contribution in [3.05, 3.63) is 0 Å². The van der Waals surface area contributed by atoms with Gasteiger partial charge in [0.15, 0.2) is 0 Å². The number of rotatable bonds is 0. The van der Waals surface area contributed by atoms with Crippen LogP contribution in [0.4, 0.5) is 4.79 Å². The zero-order chi connectivity index (χ0) is 7.78. The van der Waals surface area contributed by atoms with E-state index in [0.717, 1.165) is 0 Å². The molecule has 1 rings (SSSR count). The monoisotopic (exact) mass is 160 g/mol. The molecule has 0 aromatic heterocycles. The van der Waals surface area contributed by atoms with Gasteiger partial charge in [-0.15, -0.1) is 0 Å². The van der Waals surface area contributed by atoms with Crippen LogP contribution in [-0.2, 0) is 0 Å². The summed E-state index contributed by atoms with van der Waals surface area (Å²) in [6.07, 6.45) is 1.48. The number of carbonyl (C=O) groups is 1. The van der Waals surface area contributed by atoms with E-state index in [1.165, 1.54) is 11.2 Å². The second-order valence-corrected chi connectivity index (χ2v) is 3.21. The van der Waals surface area contributed by atoms with E-state index < -0.39 is 5.37 Å². The van der Waals surface area contributed by atoms with Gasteiger partial charge in [0.25, 0.3) is 0 Å². The Hall–Kier alpha value is -0.570. The summed E-state index contributed by atoms with van der Waals surface area (Å²) in [7, 11) is 0. The first-order valence-electron chi connectivity index (χ1n) is 3.03. The molecule has 0 spiro atoms. The van der Waals surface area contributed by atoms with Crippen molar-refractivity contribution < 1.29 is 4.79 Å². The van der Waals surface area contributed by atoms with Crippen molar-refractivity contribution in [2.45, 2.75) is 19.4 Å². The van der Waals surface area contributed by atoms with Crippen LogP contribution in [0, 0.1) is 0 Å². The SMILES string of the molecule is CC1(C)CN=CN1C(=O)Cl. The molecule has 0 radical (unpaired) electrons. The Morgan fingerprint density at radius 1 is 1.80 bits per heavy atom. The van der Waals surface area contributed by atoms with Crippen molar-refractivity contribution >= 4 is 23.3 Å². The van der Waals surface area contributed by atoms with E-state index >= 15 is 0 Å². The average Bonchev–Trinajstić information content (AvgIpc) is 2.08. The third-order valence-corrected chi connectivity index (χ3v) is 1.70. The Morgan fingerprint density at radius 3 is 2.60 bits per heavy atom. The topological polar surface area (TPSA) is 32.7 Å². The molecule has 0 saturated heterocycles. The largest absolute Gasteiger partial charge is 0.322 e. The number of nitrogens with zero attached hydrogens (tertiary/aromatic N) is 2. The molecule has 0 unspecified atom stereocenters. The zero-order valence-corrected chi connectivity index (χ0v) is 6.72. The summed E-state index contributed by atoms with van der Waals surface area (Å²) in [6.45, 7) is 4.46. The molecule has 4 heteroatoms. The van der Waals surface area contributed by atoms with Crippen LogP contribution >= 0.6 is 11.6 Å². The number of amides is 1. The summed E-state index contributed by atoms with van der Waals surface area (Å²) < 4.78 is 0. The Bertz CT molecular complexity index is 188. The number of aliphatic imine (C=N–C) groups is 1. The molecule has 3 nitrogen and oxygen atoms in total. The van der Waals surface area contributed by atoms with Crippen molar-refractivity contribution in [1.82, 2.24) is 4.90 Å². The normalized spacial score (nSPS) is 21.7. The fourth-order valence-corrected chi connectivity index (χ4v) is 1.13. The highest BCUT2D eigenvalue weighted by Crippen LogP contribution is 2.19. The van der Waals surface area contributed by atoms with Gasteiger partial charge in [0.1, 0.15) is 0 Å². The highest BCUT2D eigenvalue weighted by atomic mass is 35.5. The van der Waals surface area contributed by atoms with E-state index in [1.54, 1.807) is 0 Å². The summed E-state index contributed by atoms with van der Waals surface area (Å²) in [6, 6.07) is 0. The molecule has 1 heterocycles. The van der Waals surface area contributed by atoms with E-state index in [9.17, 15) is 4.79 Å². The van der Waals surface area contributed by atoms with Crippen LogP contribution in [0.3, 0.4) is 0 Å². The van der Waals surface area contributed by atoms with Crippen molar-refractivity contribution in [2.24, 2.45) is 4.99 Å². The molecular weight excluding hydrogens is 152 g/mol. The van der Waals surface area contributed by atoms with Gasteiger partial charge in [-0.25, -0.2) is 0 Å². The molecule has 0 atom stereocenters. The maximum absolute atomic E-state index is 10.7. The molecule has 1 aliphatic rings. The lowest BCUT2D eigenvalue weighted by Crippen LogP contribution is -2.42. The summed E-state index contributed by atoms with van der Waals surface area (Å²) >= 11 is 5.26. The highest BCUT2D eigenvalue weighted by molar-refractivity contribution is 6.63. The fourth-order valence-electron chi connectivity index (χ4n) is 0.862. The standard InChI is InChI=1S/C6H9ClN2O/c1-6(2)3-8-4-9(6)5(7)10/h4H,3H2,1-2H3. The Kier molecular flexibility index (Phi) is 1.68. The van der Waals surface area contributed by atoms with E-state index in [1.807, 2.05) is 13.8 Å². The molecule has 1 aliphatic heterocycles. The van der Waals surface area contributed by atoms with E-state index in [4.69, 9.17) is 11.6 Å². The van der Waals surface area contributed by atoms with Gasteiger partial charge in [-0.05, 0) is 25.4 Å².